The van der Waals surface area contributed by atoms with Crippen molar-refractivity contribution in [1.29, 1.82) is 0 Å². The first-order chi connectivity index (χ1) is 14.9. The summed E-state index contributed by atoms with van der Waals surface area (Å²) in [7, 11) is 0. The molecule has 0 amide bonds. The molecule has 2 aliphatic rings. The normalized spacial score (nSPS) is 19.6. The number of aromatic nitrogens is 2. The maximum absolute atomic E-state index is 11.7. The Morgan fingerprint density at radius 2 is 1.94 bits per heavy atom. The van der Waals surface area contributed by atoms with E-state index in [4.69, 9.17) is 20.2 Å². The summed E-state index contributed by atoms with van der Waals surface area (Å²) in [6.45, 7) is 6.18. The third kappa shape index (κ3) is 4.45. The van der Waals surface area contributed by atoms with Crippen molar-refractivity contribution in [3.63, 3.8) is 0 Å². The molecule has 2 heterocycles. The van der Waals surface area contributed by atoms with Gasteiger partial charge in [-0.05, 0) is 57.9 Å². The van der Waals surface area contributed by atoms with Gasteiger partial charge in [0.25, 0.3) is 0 Å². The number of rotatable bonds is 4. The van der Waals surface area contributed by atoms with Crippen molar-refractivity contribution in [3.8, 4) is 5.88 Å². The van der Waals surface area contributed by atoms with Crippen LogP contribution in [0.1, 0.15) is 63.5 Å². The van der Waals surface area contributed by atoms with E-state index >= 15 is 0 Å². The highest BCUT2D eigenvalue weighted by molar-refractivity contribution is 6.09. The molecule has 2 aromatic rings. The molecule has 4 rings (SSSR count). The second kappa shape index (κ2) is 8.49. The van der Waals surface area contributed by atoms with Gasteiger partial charge in [-0.1, -0.05) is 29.8 Å². The maximum atomic E-state index is 11.7. The van der Waals surface area contributed by atoms with E-state index in [0.29, 0.717) is 29.9 Å². The monoisotopic (exact) mass is 420 g/mol. The summed E-state index contributed by atoms with van der Waals surface area (Å²) in [5.74, 6) is 0.969. The van der Waals surface area contributed by atoms with Crippen LogP contribution in [0.25, 0.3) is 0 Å². The van der Waals surface area contributed by atoms with E-state index in [-0.39, 0.29) is 5.97 Å². The fourth-order valence-electron chi connectivity index (χ4n) is 4.23. The first kappa shape index (κ1) is 21.0. The number of fused-ring (bicyclic) bond motifs is 1. The summed E-state index contributed by atoms with van der Waals surface area (Å²) >= 11 is 0. The smallest absolute Gasteiger partial charge is 0.330 e. The van der Waals surface area contributed by atoms with Crippen LogP contribution in [0.2, 0.25) is 0 Å². The Bertz CT molecular complexity index is 1030. The number of benzene rings is 1. The largest absolute Gasteiger partial charge is 0.463 e. The van der Waals surface area contributed by atoms with Crippen molar-refractivity contribution < 1.29 is 14.3 Å². The van der Waals surface area contributed by atoms with Gasteiger partial charge in [-0.25, -0.2) is 14.8 Å². The van der Waals surface area contributed by atoms with Gasteiger partial charge < -0.3 is 15.2 Å². The predicted molar refractivity (Wildman–Crippen MR) is 120 cm³/mol. The number of carbonyl (C=O) groups excluding carboxylic acids is 1. The van der Waals surface area contributed by atoms with Crippen LogP contribution in [0.4, 0.5) is 11.5 Å². The zero-order chi connectivity index (χ0) is 22.0. The maximum Gasteiger partial charge on any atom is 0.330 e. The van der Waals surface area contributed by atoms with E-state index in [2.05, 4.69) is 34.2 Å². The summed E-state index contributed by atoms with van der Waals surface area (Å²) in [5, 5.41) is 0. The standard InChI is InChI=1S/C24H28N4O3/c1-4-30-19(29)13-15-5-7-16(8-6-15)17-9-11-18(12-10-17)21-24(2,3)31-23-20(28-21)22(25)26-14-27-23/h9-14,16H,4-8H2,1-3H3,(H2,25,26,27). The molecule has 7 nitrogen and oxygen atoms in total. The fraction of sp³-hybridized carbons (Fsp3) is 0.417. The first-order valence-corrected chi connectivity index (χ1v) is 10.7. The number of aliphatic imine (C=N–C) groups is 1. The second-order valence-corrected chi connectivity index (χ2v) is 8.44. The topological polar surface area (TPSA) is 99.7 Å². The molecule has 0 saturated heterocycles. The number of hydrogen-bond acceptors (Lipinski definition) is 7. The van der Waals surface area contributed by atoms with Crippen molar-refractivity contribution in [2.45, 2.75) is 58.0 Å². The highest BCUT2D eigenvalue weighted by Crippen LogP contribution is 2.39. The van der Waals surface area contributed by atoms with E-state index < -0.39 is 5.60 Å². The van der Waals surface area contributed by atoms with Gasteiger partial charge in [-0.3, -0.25) is 0 Å². The lowest BCUT2D eigenvalue weighted by Gasteiger charge is -2.32. The lowest BCUT2D eigenvalue weighted by molar-refractivity contribution is -0.137. The molecule has 0 bridgehead atoms. The summed E-state index contributed by atoms with van der Waals surface area (Å²) in [4.78, 5) is 24.6. The molecule has 7 heteroatoms. The van der Waals surface area contributed by atoms with Crippen LogP contribution < -0.4 is 10.5 Å². The molecule has 0 atom stereocenters. The fourth-order valence-corrected chi connectivity index (χ4v) is 4.23. The summed E-state index contributed by atoms with van der Waals surface area (Å²) in [6, 6.07) is 8.51. The molecule has 31 heavy (non-hydrogen) atoms. The van der Waals surface area contributed by atoms with Crippen molar-refractivity contribution in [2.75, 3.05) is 12.3 Å². The second-order valence-electron chi connectivity index (χ2n) is 8.44. The average Bonchev–Trinajstić information content (AvgIpc) is 2.74. The van der Waals surface area contributed by atoms with Crippen LogP contribution in [0.3, 0.4) is 0 Å². The van der Waals surface area contributed by atoms with E-state index in [1.165, 1.54) is 17.5 Å². The molecule has 0 radical (unpaired) electrons. The molecular formula is C24H28N4O3. The highest BCUT2D eigenvalue weighted by atomic mass is 16.5. The van der Waals surface area contributed by atoms with Gasteiger partial charge in [0, 0.05) is 11.6 Å². The summed E-state index contributed by atoms with van der Waals surface area (Å²) < 4.78 is 11.1. The Morgan fingerprint density at radius 1 is 1.23 bits per heavy atom. The minimum absolute atomic E-state index is 0.231. The molecule has 1 fully saturated rings. The molecule has 2 N–H and O–H groups in total. The minimum Gasteiger partial charge on any atom is -0.463 e. The van der Waals surface area contributed by atoms with Gasteiger partial charge in [-0.2, -0.15) is 4.98 Å². The number of ether oxygens (including phenoxy) is 2. The molecule has 162 valence electrons. The molecule has 1 saturated carbocycles. The Morgan fingerprint density at radius 3 is 2.61 bits per heavy atom. The van der Waals surface area contributed by atoms with E-state index in [1.807, 2.05) is 20.8 Å². The highest BCUT2D eigenvalue weighted by Gasteiger charge is 2.35. The molecule has 1 aliphatic carbocycles. The van der Waals surface area contributed by atoms with E-state index in [9.17, 15) is 4.79 Å². The van der Waals surface area contributed by atoms with Crippen molar-refractivity contribution >= 4 is 23.2 Å². The van der Waals surface area contributed by atoms with Crippen molar-refractivity contribution in [1.82, 2.24) is 9.97 Å². The minimum atomic E-state index is -0.632. The first-order valence-electron chi connectivity index (χ1n) is 10.7. The van der Waals surface area contributed by atoms with Gasteiger partial charge in [0.05, 0.1) is 12.3 Å². The van der Waals surface area contributed by atoms with Gasteiger partial charge >= 0.3 is 5.97 Å². The molecule has 0 unspecified atom stereocenters. The van der Waals surface area contributed by atoms with Gasteiger partial charge in [0.1, 0.15) is 11.9 Å². The average molecular weight is 421 g/mol. The van der Waals surface area contributed by atoms with E-state index in [1.54, 1.807) is 6.08 Å². The molecule has 0 spiro atoms. The Balaban J connectivity index is 1.50. The number of nitrogen functional groups attached to an aromatic ring is 1. The molecular weight excluding hydrogens is 392 g/mol. The van der Waals surface area contributed by atoms with Crippen LogP contribution in [0.5, 0.6) is 5.88 Å². The number of anilines is 1. The summed E-state index contributed by atoms with van der Waals surface area (Å²) in [6.07, 6.45) is 6.96. The van der Waals surface area contributed by atoms with Crippen LogP contribution in [-0.2, 0) is 9.53 Å². The number of nitrogens with two attached hydrogens (primary N) is 1. The SMILES string of the molecule is CCOC(=O)C=C1CCC(c2ccc(C3=Nc4c(N)ncnc4OC3(C)C)cc2)CC1. The molecule has 1 aromatic heterocycles. The lowest BCUT2D eigenvalue weighted by Crippen LogP contribution is -2.41. The molecule has 1 aliphatic heterocycles. The number of carbonyl (C=O) groups is 1. The zero-order valence-electron chi connectivity index (χ0n) is 18.2. The van der Waals surface area contributed by atoms with Gasteiger partial charge in [-0.15, -0.1) is 0 Å². The Labute approximate surface area is 182 Å². The predicted octanol–water partition coefficient (Wildman–Crippen LogP) is 4.50. The van der Waals surface area contributed by atoms with E-state index in [0.717, 1.165) is 37.0 Å². The Kier molecular flexibility index (Phi) is 5.76. The van der Waals surface area contributed by atoms with Crippen LogP contribution in [-0.4, -0.2) is 33.9 Å². The van der Waals surface area contributed by atoms with Crippen molar-refractivity contribution in [2.24, 2.45) is 4.99 Å². The third-order valence-electron chi connectivity index (χ3n) is 5.85. The third-order valence-corrected chi connectivity index (χ3v) is 5.85. The Hall–Kier alpha value is -3.22. The van der Waals surface area contributed by atoms with Crippen molar-refractivity contribution in [3.05, 3.63) is 53.4 Å². The molecule has 1 aromatic carbocycles. The zero-order valence-corrected chi connectivity index (χ0v) is 18.2. The van der Waals surface area contributed by atoms with Crippen LogP contribution in [0.15, 0.2) is 47.2 Å². The number of allylic oxidation sites excluding steroid dienone is 1. The quantitative estimate of drug-likeness (QED) is 0.577. The lowest BCUT2D eigenvalue weighted by atomic mass is 9.81. The number of esters is 1. The number of hydrogen-bond donors (Lipinski definition) is 1. The van der Waals surface area contributed by atoms with Gasteiger partial charge in [0.2, 0.25) is 5.88 Å². The van der Waals surface area contributed by atoms with Crippen LogP contribution >= 0.6 is 0 Å². The summed E-state index contributed by atoms with van der Waals surface area (Å²) in [5.41, 5.74) is 10.1. The van der Waals surface area contributed by atoms with Gasteiger partial charge in [0.15, 0.2) is 11.5 Å². The van der Waals surface area contributed by atoms with Crippen LogP contribution in [0, 0.1) is 0 Å². The number of nitrogens with zero attached hydrogens (tertiary/aromatic N) is 3.